The van der Waals surface area contributed by atoms with Crippen LogP contribution in [0.2, 0.25) is 0 Å². The van der Waals surface area contributed by atoms with E-state index in [1.54, 1.807) is 0 Å². The van der Waals surface area contributed by atoms with Gasteiger partial charge in [0.1, 0.15) is 5.60 Å². The smallest absolute Gasteiger partial charge is 0.407 e. The largest absolute Gasteiger partial charge is 0.444 e. The fourth-order valence-corrected chi connectivity index (χ4v) is 4.67. The quantitative estimate of drug-likeness (QED) is 0.779. The van der Waals surface area contributed by atoms with Crippen LogP contribution in [-0.4, -0.2) is 33.5 Å². The van der Waals surface area contributed by atoms with E-state index in [1.807, 2.05) is 20.8 Å². The molecule has 17 heavy (non-hydrogen) atoms. The molecule has 1 saturated carbocycles. The summed E-state index contributed by atoms with van der Waals surface area (Å²) in [5, 5.41) is 2.92. The summed E-state index contributed by atoms with van der Waals surface area (Å²) < 4.78 is 16.6. The molecular weight excluding hydrogens is 238 g/mol. The molecule has 2 fully saturated rings. The lowest BCUT2D eigenvalue weighted by Gasteiger charge is -2.22. The van der Waals surface area contributed by atoms with Crippen molar-refractivity contribution >= 4 is 16.9 Å². The van der Waals surface area contributed by atoms with E-state index in [0.29, 0.717) is 11.8 Å². The number of rotatable bonds is 1. The van der Waals surface area contributed by atoms with Gasteiger partial charge in [0.2, 0.25) is 0 Å². The third-order valence-electron chi connectivity index (χ3n) is 3.36. The molecule has 1 heterocycles. The molecule has 0 aromatic heterocycles. The lowest BCUT2D eigenvalue weighted by Crippen LogP contribution is -2.38. The molecule has 1 saturated heterocycles. The van der Waals surface area contributed by atoms with E-state index < -0.39 is 16.4 Å². The Labute approximate surface area is 105 Å². The third-order valence-corrected chi connectivity index (χ3v) is 4.96. The summed E-state index contributed by atoms with van der Waals surface area (Å²) in [5.41, 5.74) is -0.444. The van der Waals surface area contributed by atoms with Crippen molar-refractivity contribution in [3.8, 4) is 0 Å². The van der Waals surface area contributed by atoms with Crippen LogP contribution in [0.15, 0.2) is 0 Å². The molecule has 98 valence electrons. The first kappa shape index (κ1) is 12.9. The minimum Gasteiger partial charge on any atom is -0.444 e. The number of carbonyl (C=O) groups excluding carboxylic acids is 1. The molecule has 1 amide bonds. The van der Waals surface area contributed by atoms with E-state index >= 15 is 0 Å². The zero-order valence-corrected chi connectivity index (χ0v) is 11.5. The summed E-state index contributed by atoms with van der Waals surface area (Å²) in [6.07, 6.45) is 1.58. The number of amides is 1. The number of nitrogens with one attached hydrogen (secondary N) is 1. The van der Waals surface area contributed by atoms with Crippen LogP contribution < -0.4 is 5.32 Å². The minimum atomic E-state index is -0.619. The highest BCUT2D eigenvalue weighted by atomic mass is 32.2. The number of hydrogen-bond acceptors (Lipinski definition) is 3. The van der Waals surface area contributed by atoms with Gasteiger partial charge in [-0.05, 0) is 45.4 Å². The van der Waals surface area contributed by atoms with Gasteiger partial charge in [0.15, 0.2) is 0 Å². The summed E-state index contributed by atoms with van der Waals surface area (Å²) in [7, 11) is -0.619. The van der Waals surface area contributed by atoms with Gasteiger partial charge in [0.05, 0.1) is 0 Å². The Kier molecular flexibility index (Phi) is 3.48. The van der Waals surface area contributed by atoms with Crippen molar-refractivity contribution in [2.24, 2.45) is 11.8 Å². The van der Waals surface area contributed by atoms with Crippen LogP contribution in [0.3, 0.4) is 0 Å². The molecule has 0 radical (unpaired) electrons. The van der Waals surface area contributed by atoms with Gasteiger partial charge in [-0.2, -0.15) is 0 Å². The normalized spacial score (nSPS) is 36.6. The fourth-order valence-electron chi connectivity index (χ4n) is 2.76. The third kappa shape index (κ3) is 3.44. The summed E-state index contributed by atoms with van der Waals surface area (Å²) in [6.45, 7) is 5.58. The van der Waals surface area contributed by atoms with E-state index in [2.05, 4.69) is 5.32 Å². The highest BCUT2D eigenvalue weighted by molar-refractivity contribution is 7.85. The van der Waals surface area contributed by atoms with Gasteiger partial charge in [-0.1, -0.05) is 0 Å². The van der Waals surface area contributed by atoms with Crippen LogP contribution in [0.5, 0.6) is 0 Å². The zero-order valence-electron chi connectivity index (χ0n) is 10.7. The Balaban J connectivity index is 1.79. The van der Waals surface area contributed by atoms with Crippen molar-refractivity contribution in [2.75, 3.05) is 11.5 Å². The molecule has 0 spiro atoms. The Morgan fingerprint density at radius 3 is 2.24 bits per heavy atom. The van der Waals surface area contributed by atoms with Gasteiger partial charge in [-0.25, -0.2) is 4.79 Å². The second kappa shape index (κ2) is 4.59. The monoisotopic (exact) mass is 259 g/mol. The molecule has 5 heteroatoms. The van der Waals surface area contributed by atoms with Crippen molar-refractivity contribution in [2.45, 2.75) is 45.3 Å². The fraction of sp³-hybridized carbons (Fsp3) is 0.917. The van der Waals surface area contributed by atoms with Crippen LogP contribution in [0, 0.1) is 11.8 Å². The average molecular weight is 259 g/mol. The maximum atomic E-state index is 11.6. The average Bonchev–Trinajstić information content (AvgIpc) is 2.56. The predicted molar refractivity (Wildman–Crippen MR) is 67.2 cm³/mol. The van der Waals surface area contributed by atoms with Gasteiger partial charge in [-0.15, -0.1) is 0 Å². The van der Waals surface area contributed by atoms with Gasteiger partial charge in [0, 0.05) is 28.3 Å². The molecular formula is C12H21NO3S. The van der Waals surface area contributed by atoms with Crippen LogP contribution in [0.25, 0.3) is 0 Å². The predicted octanol–water partition coefficient (Wildman–Crippen LogP) is 1.67. The number of hydrogen-bond donors (Lipinski definition) is 1. The van der Waals surface area contributed by atoms with E-state index in [4.69, 9.17) is 4.74 Å². The summed E-state index contributed by atoms with van der Waals surface area (Å²) >= 11 is 0. The Bertz CT molecular complexity index is 321. The second-order valence-electron chi connectivity index (χ2n) is 6.11. The summed E-state index contributed by atoms with van der Waals surface area (Å²) in [6, 6.07) is 0.206. The Hall–Kier alpha value is -0.580. The molecule has 0 bridgehead atoms. The highest BCUT2D eigenvalue weighted by Crippen LogP contribution is 2.38. The Morgan fingerprint density at radius 2 is 1.76 bits per heavy atom. The van der Waals surface area contributed by atoms with Crippen LogP contribution in [0.1, 0.15) is 33.6 Å². The lowest BCUT2D eigenvalue weighted by molar-refractivity contribution is 0.0504. The van der Waals surface area contributed by atoms with E-state index in [9.17, 15) is 9.00 Å². The first-order valence-electron chi connectivity index (χ1n) is 6.18. The molecule has 2 aliphatic rings. The van der Waals surface area contributed by atoms with Gasteiger partial charge >= 0.3 is 6.09 Å². The minimum absolute atomic E-state index is 0.206. The number of fused-ring (bicyclic) bond motifs is 1. The van der Waals surface area contributed by atoms with Crippen LogP contribution >= 0.6 is 0 Å². The van der Waals surface area contributed by atoms with Crippen LogP contribution in [-0.2, 0) is 15.5 Å². The molecule has 1 aliphatic carbocycles. The topological polar surface area (TPSA) is 55.4 Å². The first-order chi connectivity index (χ1) is 7.83. The molecule has 4 nitrogen and oxygen atoms in total. The lowest BCUT2D eigenvalue weighted by atomic mass is 10.0. The number of ether oxygens (including phenoxy) is 1. The highest BCUT2D eigenvalue weighted by Gasteiger charge is 2.41. The standard InChI is InChI=1S/C12H21NO3S/c1-12(2,3)16-11(14)13-10-4-8-6-17(15)7-9(8)5-10/h8-10H,4-7H2,1-3H3,(H,13,14). The molecule has 2 atom stereocenters. The second-order valence-corrected chi connectivity index (χ2v) is 7.65. The summed E-state index contributed by atoms with van der Waals surface area (Å²) in [4.78, 5) is 11.6. The van der Waals surface area contributed by atoms with E-state index in [1.165, 1.54) is 0 Å². The number of alkyl carbamates (subject to hydrolysis) is 1. The molecule has 2 rings (SSSR count). The van der Waals surface area contributed by atoms with Crippen molar-refractivity contribution in [1.29, 1.82) is 0 Å². The molecule has 2 unspecified atom stereocenters. The molecule has 0 aromatic carbocycles. The molecule has 1 aliphatic heterocycles. The van der Waals surface area contributed by atoms with Crippen molar-refractivity contribution in [3.05, 3.63) is 0 Å². The van der Waals surface area contributed by atoms with Gasteiger partial charge in [-0.3, -0.25) is 4.21 Å². The van der Waals surface area contributed by atoms with Crippen molar-refractivity contribution < 1.29 is 13.7 Å². The zero-order chi connectivity index (χ0) is 12.6. The molecule has 1 N–H and O–H groups in total. The first-order valence-corrected chi connectivity index (χ1v) is 7.67. The van der Waals surface area contributed by atoms with Crippen LogP contribution in [0.4, 0.5) is 4.79 Å². The van der Waals surface area contributed by atoms with E-state index in [0.717, 1.165) is 24.3 Å². The maximum Gasteiger partial charge on any atom is 0.407 e. The number of carbonyl (C=O) groups is 1. The van der Waals surface area contributed by atoms with E-state index in [-0.39, 0.29) is 12.1 Å². The van der Waals surface area contributed by atoms with Crippen molar-refractivity contribution in [1.82, 2.24) is 5.32 Å². The van der Waals surface area contributed by atoms with Gasteiger partial charge < -0.3 is 10.1 Å². The summed E-state index contributed by atoms with van der Waals surface area (Å²) in [5.74, 6) is 2.71. The molecule has 0 aromatic rings. The van der Waals surface area contributed by atoms with Crippen molar-refractivity contribution in [3.63, 3.8) is 0 Å². The van der Waals surface area contributed by atoms with Gasteiger partial charge in [0.25, 0.3) is 0 Å². The SMILES string of the molecule is CC(C)(C)OC(=O)NC1CC2CS(=O)CC2C1. The maximum absolute atomic E-state index is 11.6. The Morgan fingerprint density at radius 1 is 1.24 bits per heavy atom.